The van der Waals surface area contributed by atoms with Crippen LogP contribution in [0.5, 0.6) is 0 Å². The normalized spacial score (nSPS) is 15.6. The maximum atomic E-state index is 11.2. The van der Waals surface area contributed by atoms with E-state index in [1.165, 1.54) is 6.08 Å². The first-order valence-corrected chi connectivity index (χ1v) is 9.54. The van der Waals surface area contributed by atoms with Crippen molar-refractivity contribution in [1.29, 1.82) is 0 Å². The second kappa shape index (κ2) is 16.3. The fraction of sp³-hybridized carbons (Fsp3) is 0.750. The van der Waals surface area contributed by atoms with Crippen LogP contribution in [0.25, 0.3) is 0 Å². The van der Waals surface area contributed by atoms with E-state index in [1.807, 2.05) is 19.1 Å². The highest BCUT2D eigenvalue weighted by Gasteiger charge is 2.11. The number of hydrogen-bond acceptors (Lipinski definition) is 5. The molecule has 146 valence electrons. The molecular formula is C20H36O5. The molecule has 0 amide bonds. The highest BCUT2D eigenvalue weighted by atomic mass is 16.5. The number of unbranched alkanes of at least 4 members (excludes halogenated alkanes) is 4. The van der Waals surface area contributed by atoms with Crippen molar-refractivity contribution >= 4 is 5.97 Å². The number of hydrogen-bond donors (Lipinski definition) is 3. The van der Waals surface area contributed by atoms with E-state index in [4.69, 9.17) is 4.74 Å². The molecule has 0 saturated heterocycles. The van der Waals surface area contributed by atoms with Crippen molar-refractivity contribution < 1.29 is 24.9 Å². The summed E-state index contributed by atoms with van der Waals surface area (Å²) in [5, 5.41) is 29.4. The summed E-state index contributed by atoms with van der Waals surface area (Å²) in [4.78, 5) is 11.2. The first-order valence-electron chi connectivity index (χ1n) is 9.54. The van der Waals surface area contributed by atoms with Gasteiger partial charge < -0.3 is 20.1 Å². The molecule has 0 aliphatic rings. The van der Waals surface area contributed by atoms with Gasteiger partial charge in [-0.2, -0.15) is 0 Å². The van der Waals surface area contributed by atoms with Gasteiger partial charge in [0.1, 0.15) is 0 Å². The number of aliphatic hydroxyl groups excluding tert-OH is 3. The minimum absolute atomic E-state index is 0.131. The number of rotatable bonds is 15. The number of ether oxygens (including phenoxy) is 1. The van der Waals surface area contributed by atoms with Gasteiger partial charge in [0.15, 0.2) is 0 Å². The van der Waals surface area contributed by atoms with Crippen LogP contribution in [-0.2, 0) is 9.53 Å². The zero-order chi connectivity index (χ0) is 18.9. The zero-order valence-electron chi connectivity index (χ0n) is 15.8. The van der Waals surface area contributed by atoms with Crippen LogP contribution in [-0.4, -0.2) is 46.2 Å². The van der Waals surface area contributed by atoms with Crippen molar-refractivity contribution in [3.63, 3.8) is 0 Å². The standard InChI is InChI=1S/C20H36O5/c1-3-5-9-13-18(22)19(23)16-15-17(21)12-10-7-6-8-11-14-20(24)25-4-2/h5,9,15-19,21-23H,3-4,6-8,10-14H2,1-2H3/b9-5+,16-15+. The molecule has 0 fully saturated rings. The van der Waals surface area contributed by atoms with E-state index in [9.17, 15) is 20.1 Å². The van der Waals surface area contributed by atoms with Crippen LogP contribution in [0.2, 0.25) is 0 Å². The predicted molar refractivity (Wildman–Crippen MR) is 100 cm³/mol. The molecule has 0 heterocycles. The minimum atomic E-state index is -0.959. The van der Waals surface area contributed by atoms with Crippen LogP contribution in [0.4, 0.5) is 0 Å². The van der Waals surface area contributed by atoms with E-state index in [-0.39, 0.29) is 5.97 Å². The topological polar surface area (TPSA) is 87.0 Å². The van der Waals surface area contributed by atoms with Gasteiger partial charge in [-0.15, -0.1) is 0 Å². The monoisotopic (exact) mass is 356 g/mol. The van der Waals surface area contributed by atoms with Crippen molar-refractivity contribution in [2.24, 2.45) is 0 Å². The van der Waals surface area contributed by atoms with Crippen LogP contribution >= 0.6 is 0 Å². The molecule has 0 bridgehead atoms. The number of allylic oxidation sites excluding steroid dienone is 1. The van der Waals surface area contributed by atoms with Crippen molar-refractivity contribution in [1.82, 2.24) is 0 Å². The molecule has 25 heavy (non-hydrogen) atoms. The van der Waals surface area contributed by atoms with Crippen molar-refractivity contribution in [2.45, 2.75) is 89.9 Å². The van der Waals surface area contributed by atoms with Gasteiger partial charge in [-0.05, 0) is 32.6 Å². The molecule has 0 aromatic rings. The lowest BCUT2D eigenvalue weighted by Gasteiger charge is -2.13. The first kappa shape index (κ1) is 23.8. The fourth-order valence-corrected chi connectivity index (χ4v) is 2.39. The Hall–Kier alpha value is -1.17. The molecule has 0 aliphatic carbocycles. The molecule has 5 heteroatoms. The van der Waals surface area contributed by atoms with E-state index >= 15 is 0 Å². The number of aliphatic hydroxyl groups is 3. The van der Waals surface area contributed by atoms with E-state index in [0.717, 1.165) is 38.5 Å². The third-order valence-electron chi connectivity index (χ3n) is 3.89. The molecule has 3 unspecified atom stereocenters. The molecule has 0 aliphatic heterocycles. The molecule has 0 aromatic heterocycles. The fourth-order valence-electron chi connectivity index (χ4n) is 2.39. The van der Waals surface area contributed by atoms with Gasteiger partial charge in [0.2, 0.25) is 0 Å². The summed E-state index contributed by atoms with van der Waals surface area (Å²) >= 11 is 0. The SMILES string of the molecule is CC/C=C/CC(O)C(O)/C=C/C(O)CCCCCCCC(=O)OCC. The van der Waals surface area contributed by atoms with Crippen LogP contribution in [0.1, 0.15) is 71.6 Å². The molecule has 0 saturated carbocycles. The second-order valence-electron chi connectivity index (χ2n) is 6.24. The quantitative estimate of drug-likeness (QED) is 0.238. The van der Waals surface area contributed by atoms with Gasteiger partial charge in [0.05, 0.1) is 24.9 Å². The van der Waals surface area contributed by atoms with E-state index in [0.29, 0.717) is 25.9 Å². The predicted octanol–water partition coefficient (Wildman–Crippen LogP) is 3.28. The summed E-state index contributed by atoms with van der Waals surface area (Å²) < 4.78 is 4.87. The number of carbonyl (C=O) groups is 1. The van der Waals surface area contributed by atoms with Crippen molar-refractivity contribution in [2.75, 3.05) is 6.61 Å². The summed E-state index contributed by atoms with van der Waals surface area (Å²) in [6, 6.07) is 0. The van der Waals surface area contributed by atoms with Crippen molar-refractivity contribution in [3.8, 4) is 0 Å². The van der Waals surface area contributed by atoms with Gasteiger partial charge in [-0.3, -0.25) is 4.79 Å². The molecule has 0 spiro atoms. The Labute approximate surface area is 152 Å². The Bertz CT molecular complexity index is 378. The maximum absolute atomic E-state index is 11.2. The number of esters is 1. The van der Waals surface area contributed by atoms with Gasteiger partial charge in [-0.1, -0.05) is 56.9 Å². The Morgan fingerprint density at radius 3 is 2.32 bits per heavy atom. The summed E-state index contributed by atoms with van der Waals surface area (Å²) in [6.07, 6.45) is 11.6. The van der Waals surface area contributed by atoms with E-state index in [2.05, 4.69) is 0 Å². The largest absolute Gasteiger partial charge is 0.466 e. The molecule has 3 N–H and O–H groups in total. The van der Waals surface area contributed by atoms with Crippen LogP contribution < -0.4 is 0 Å². The van der Waals surface area contributed by atoms with Crippen LogP contribution in [0, 0.1) is 0 Å². The Morgan fingerprint density at radius 1 is 0.960 bits per heavy atom. The Balaban J connectivity index is 3.70. The van der Waals surface area contributed by atoms with E-state index in [1.54, 1.807) is 13.0 Å². The Morgan fingerprint density at radius 2 is 1.64 bits per heavy atom. The third kappa shape index (κ3) is 14.8. The summed E-state index contributed by atoms with van der Waals surface area (Å²) in [7, 11) is 0. The average molecular weight is 357 g/mol. The first-order chi connectivity index (χ1) is 12.0. The average Bonchev–Trinajstić information content (AvgIpc) is 2.59. The molecular weight excluding hydrogens is 320 g/mol. The van der Waals surface area contributed by atoms with E-state index < -0.39 is 18.3 Å². The molecule has 0 aromatic carbocycles. The third-order valence-corrected chi connectivity index (χ3v) is 3.89. The summed E-state index contributed by atoms with van der Waals surface area (Å²) in [5.74, 6) is -0.131. The lowest BCUT2D eigenvalue weighted by atomic mass is 10.0. The highest BCUT2D eigenvalue weighted by Crippen LogP contribution is 2.11. The van der Waals surface area contributed by atoms with Crippen LogP contribution in [0.3, 0.4) is 0 Å². The molecule has 3 atom stereocenters. The molecule has 5 nitrogen and oxygen atoms in total. The minimum Gasteiger partial charge on any atom is -0.466 e. The smallest absolute Gasteiger partial charge is 0.305 e. The molecule has 0 rings (SSSR count). The van der Waals surface area contributed by atoms with Gasteiger partial charge in [0, 0.05) is 6.42 Å². The maximum Gasteiger partial charge on any atom is 0.305 e. The van der Waals surface area contributed by atoms with Gasteiger partial charge >= 0.3 is 5.97 Å². The van der Waals surface area contributed by atoms with Gasteiger partial charge in [-0.25, -0.2) is 0 Å². The molecule has 0 radical (unpaired) electrons. The number of carbonyl (C=O) groups excluding carboxylic acids is 1. The van der Waals surface area contributed by atoms with Crippen molar-refractivity contribution in [3.05, 3.63) is 24.3 Å². The second-order valence-corrected chi connectivity index (χ2v) is 6.24. The zero-order valence-corrected chi connectivity index (χ0v) is 15.8. The lowest BCUT2D eigenvalue weighted by Crippen LogP contribution is -2.23. The van der Waals surface area contributed by atoms with Gasteiger partial charge in [0.25, 0.3) is 0 Å². The highest BCUT2D eigenvalue weighted by molar-refractivity contribution is 5.69. The van der Waals surface area contributed by atoms with Crippen LogP contribution in [0.15, 0.2) is 24.3 Å². The summed E-state index contributed by atoms with van der Waals surface area (Å²) in [5.41, 5.74) is 0. The Kier molecular flexibility index (Phi) is 15.5. The summed E-state index contributed by atoms with van der Waals surface area (Å²) in [6.45, 7) is 4.25. The lowest BCUT2D eigenvalue weighted by molar-refractivity contribution is -0.143.